The van der Waals surface area contributed by atoms with Crippen LogP contribution < -0.4 is 0 Å². The Morgan fingerprint density at radius 3 is 2.40 bits per heavy atom. The van der Waals surface area contributed by atoms with E-state index in [0.717, 1.165) is 12.3 Å². The zero-order chi connectivity index (χ0) is 19.3. The van der Waals surface area contributed by atoms with Crippen molar-refractivity contribution in [1.29, 1.82) is 0 Å². The second-order valence-corrected chi connectivity index (χ2v) is 5.78. The summed E-state index contributed by atoms with van der Waals surface area (Å²) in [5.41, 5.74) is -0.448. The van der Waals surface area contributed by atoms with Crippen molar-refractivity contribution in [3.63, 3.8) is 0 Å². The molecule has 0 spiro atoms. The minimum absolute atomic E-state index is 0.121. The molecule has 0 aromatic carbocycles. The molecular formula is C14H17B2F5N2O2. The van der Waals surface area contributed by atoms with Crippen molar-refractivity contribution >= 4 is 22.2 Å². The molecule has 0 amide bonds. The van der Waals surface area contributed by atoms with Crippen LogP contribution in [0, 0.1) is 0 Å². The zero-order valence-corrected chi connectivity index (χ0v) is 14.0. The predicted octanol–water partition coefficient (Wildman–Crippen LogP) is 1.16. The average Bonchev–Trinajstić information content (AvgIpc) is 2.53. The first-order valence-electron chi connectivity index (χ1n) is 7.32. The number of aromatic nitrogens is 1. The lowest BCUT2D eigenvalue weighted by molar-refractivity contribution is -0.141. The summed E-state index contributed by atoms with van der Waals surface area (Å²) in [6.07, 6.45) is -4.83. The maximum absolute atomic E-state index is 13.5. The van der Waals surface area contributed by atoms with Crippen LogP contribution >= 0.6 is 0 Å². The van der Waals surface area contributed by atoms with Crippen LogP contribution in [0.3, 0.4) is 0 Å². The summed E-state index contributed by atoms with van der Waals surface area (Å²) in [7, 11) is 2.58. The second kappa shape index (κ2) is 8.35. The van der Waals surface area contributed by atoms with Crippen molar-refractivity contribution in [1.82, 2.24) is 9.88 Å². The Morgan fingerprint density at radius 1 is 1.36 bits per heavy atom. The van der Waals surface area contributed by atoms with Gasteiger partial charge in [-0.05, 0) is 18.6 Å². The third kappa shape index (κ3) is 5.47. The molecule has 0 aliphatic rings. The first kappa shape index (κ1) is 21.0. The fraction of sp³-hybridized carbons (Fsp3) is 0.429. The predicted molar refractivity (Wildman–Crippen MR) is 86.4 cm³/mol. The highest BCUT2D eigenvalue weighted by Gasteiger charge is 2.37. The van der Waals surface area contributed by atoms with Gasteiger partial charge in [-0.3, -0.25) is 9.78 Å². The molecule has 0 atom stereocenters. The van der Waals surface area contributed by atoms with Crippen LogP contribution in [0.15, 0.2) is 30.1 Å². The Balaban J connectivity index is 3.14. The second-order valence-electron chi connectivity index (χ2n) is 5.78. The number of alkyl halides is 5. The van der Waals surface area contributed by atoms with E-state index in [2.05, 4.69) is 9.72 Å². The monoisotopic (exact) mass is 362 g/mol. The van der Waals surface area contributed by atoms with Crippen LogP contribution in [0.5, 0.6) is 0 Å². The van der Waals surface area contributed by atoms with Crippen LogP contribution in [-0.2, 0) is 22.3 Å². The number of allylic oxidation sites excluding steroid dienone is 1. The minimum atomic E-state index is -4.58. The molecule has 0 aliphatic carbocycles. The number of rotatable bonds is 8. The van der Waals surface area contributed by atoms with Gasteiger partial charge in [0, 0.05) is 23.8 Å². The molecule has 1 rings (SSSR count). The Kier molecular flexibility index (Phi) is 7.01. The summed E-state index contributed by atoms with van der Waals surface area (Å²) < 4.78 is 69.3. The Morgan fingerprint density at radius 2 is 2.00 bits per heavy atom. The van der Waals surface area contributed by atoms with Crippen molar-refractivity contribution < 1.29 is 31.5 Å². The average molecular weight is 362 g/mol. The standard InChI is InChI=1S/C14H17B2F5N2O2/c1-2-10(7-25-8-24)23(13(15,16)12(17)18)6-9-3-4-11(22-5-9)14(19,20)21/h2-5,8,12H,6-7,15-16H2,1H3/b10-2+. The first-order valence-corrected chi connectivity index (χ1v) is 7.32. The molecule has 11 heteroatoms. The summed E-state index contributed by atoms with van der Waals surface area (Å²) in [4.78, 5) is 15.0. The minimum Gasteiger partial charge on any atom is -0.461 e. The normalized spacial score (nSPS) is 13.0. The van der Waals surface area contributed by atoms with Crippen LogP contribution in [0.2, 0.25) is 0 Å². The molecule has 4 nitrogen and oxygen atoms in total. The van der Waals surface area contributed by atoms with Crippen molar-refractivity contribution in [3.8, 4) is 0 Å². The molecule has 0 bridgehead atoms. The van der Waals surface area contributed by atoms with E-state index in [-0.39, 0.29) is 19.6 Å². The topological polar surface area (TPSA) is 42.4 Å². The molecule has 136 valence electrons. The summed E-state index contributed by atoms with van der Waals surface area (Å²) in [5, 5.41) is -1.64. The molecule has 0 unspecified atom stereocenters. The molecule has 0 aliphatic heterocycles. The highest BCUT2D eigenvalue weighted by Crippen LogP contribution is 2.28. The summed E-state index contributed by atoms with van der Waals surface area (Å²) >= 11 is 0. The number of nitrogens with zero attached hydrogens (tertiary/aromatic N) is 2. The number of halogens is 5. The number of carbonyl (C=O) groups is 1. The summed E-state index contributed by atoms with van der Waals surface area (Å²) in [5.74, 6) is 0. The Bertz CT molecular complexity index is 606. The van der Waals surface area contributed by atoms with Gasteiger partial charge >= 0.3 is 6.18 Å². The quantitative estimate of drug-likeness (QED) is 0.396. The molecule has 0 fully saturated rings. The smallest absolute Gasteiger partial charge is 0.433 e. The van der Waals surface area contributed by atoms with Gasteiger partial charge < -0.3 is 9.64 Å². The zero-order valence-electron chi connectivity index (χ0n) is 14.0. The van der Waals surface area contributed by atoms with Gasteiger partial charge in [0.1, 0.15) is 28.0 Å². The van der Waals surface area contributed by atoms with Gasteiger partial charge in [-0.2, -0.15) is 13.2 Å². The van der Waals surface area contributed by atoms with Crippen molar-refractivity contribution in [2.75, 3.05) is 6.61 Å². The van der Waals surface area contributed by atoms with Gasteiger partial charge in [0.05, 0.1) is 0 Å². The number of carbonyl (C=O) groups excluding carboxylic acids is 1. The van der Waals surface area contributed by atoms with Gasteiger partial charge in [-0.25, -0.2) is 8.78 Å². The van der Waals surface area contributed by atoms with Crippen molar-refractivity contribution in [3.05, 3.63) is 41.4 Å². The number of hydrogen-bond acceptors (Lipinski definition) is 4. The van der Waals surface area contributed by atoms with Gasteiger partial charge in [-0.15, -0.1) is 0 Å². The first-order chi connectivity index (χ1) is 11.5. The van der Waals surface area contributed by atoms with E-state index < -0.39 is 23.6 Å². The number of hydrogen-bond donors (Lipinski definition) is 0. The molecule has 0 N–H and O–H groups in total. The maximum atomic E-state index is 13.5. The number of pyridine rings is 1. The highest BCUT2D eigenvalue weighted by atomic mass is 19.4. The Hall–Kier alpha value is -2.06. The maximum Gasteiger partial charge on any atom is 0.433 e. The SMILES string of the molecule is BC(B)(C(F)F)N(Cc1ccc(C(F)(F)F)nc1)/C(=C/C)COC=O. The van der Waals surface area contributed by atoms with Gasteiger partial charge in [0.2, 0.25) is 6.43 Å². The van der Waals surface area contributed by atoms with Crippen LogP contribution in [0.4, 0.5) is 22.0 Å². The molecule has 1 heterocycles. The third-order valence-corrected chi connectivity index (χ3v) is 3.66. The number of ether oxygens (including phenoxy) is 1. The van der Waals surface area contributed by atoms with Crippen molar-refractivity contribution in [2.24, 2.45) is 0 Å². The fourth-order valence-corrected chi connectivity index (χ4v) is 2.10. The lowest BCUT2D eigenvalue weighted by atomic mass is 9.60. The van der Waals surface area contributed by atoms with Gasteiger partial charge in [0.25, 0.3) is 6.47 Å². The van der Waals surface area contributed by atoms with Gasteiger partial charge in [-0.1, -0.05) is 12.1 Å². The summed E-state index contributed by atoms with van der Waals surface area (Å²) in [6, 6.07) is 1.97. The van der Waals surface area contributed by atoms with Crippen LogP contribution in [0.25, 0.3) is 0 Å². The summed E-state index contributed by atoms with van der Waals surface area (Å²) in [6.45, 7) is 1.42. The van der Waals surface area contributed by atoms with E-state index in [4.69, 9.17) is 0 Å². The highest BCUT2D eigenvalue weighted by molar-refractivity contribution is 6.40. The van der Waals surface area contributed by atoms with Crippen LogP contribution in [0.1, 0.15) is 18.2 Å². The molecule has 25 heavy (non-hydrogen) atoms. The Labute approximate surface area is 143 Å². The third-order valence-electron chi connectivity index (χ3n) is 3.66. The molecular weight excluding hydrogens is 345 g/mol. The van der Waals surface area contributed by atoms with Crippen molar-refractivity contribution in [2.45, 2.75) is 31.4 Å². The van der Waals surface area contributed by atoms with Crippen LogP contribution in [-0.4, -0.2) is 50.4 Å². The van der Waals surface area contributed by atoms with Gasteiger partial charge in [0.15, 0.2) is 0 Å². The molecule has 0 saturated heterocycles. The van der Waals surface area contributed by atoms with E-state index in [9.17, 15) is 26.7 Å². The molecule has 1 aromatic heterocycles. The lowest BCUT2D eigenvalue weighted by Gasteiger charge is -2.41. The van der Waals surface area contributed by atoms with E-state index in [1.165, 1.54) is 32.7 Å². The molecule has 0 radical (unpaired) electrons. The van der Waals surface area contributed by atoms with E-state index in [1.54, 1.807) is 6.92 Å². The lowest BCUT2D eigenvalue weighted by Crippen LogP contribution is -2.55. The van der Waals surface area contributed by atoms with E-state index >= 15 is 0 Å². The van der Waals surface area contributed by atoms with E-state index in [0.29, 0.717) is 11.3 Å². The largest absolute Gasteiger partial charge is 0.461 e. The molecule has 1 aromatic rings. The van der Waals surface area contributed by atoms with E-state index in [1.807, 2.05) is 0 Å². The molecule has 0 saturated carbocycles. The fourth-order valence-electron chi connectivity index (χ4n) is 2.10.